The predicted molar refractivity (Wildman–Crippen MR) is 171 cm³/mol. The van der Waals surface area contributed by atoms with E-state index >= 15 is 0 Å². The lowest BCUT2D eigenvalue weighted by Crippen LogP contribution is -2.43. The summed E-state index contributed by atoms with van der Waals surface area (Å²) >= 11 is 0. The Hall–Kier alpha value is -5.17. The Balaban J connectivity index is 1.28. The first-order valence-electron chi connectivity index (χ1n) is 14.6. The Kier molecular flexibility index (Phi) is 9.18. The molecule has 0 bridgehead atoms. The second-order valence-corrected chi connectivity index (χ2v) is 11.6. The Morgan fingerprint density at radius 3 is 2.40 bits per heavy atom. The number of amides is 4. The number of carbonyl (C=O) groups is 2. The van der Waals surface area contributed by atoms with E-state index in [9.17, 15) is 9.59 Å². The molecule has 1 fully saturated rings. The fourth-order valence-electron chi connectivity index (χ4n) is 4.59. The van der Waals surface area contributed by atoms with Crippen LogP contribution in [0.3, 0.4) is 0 Å². The van der Waals surface area contributed by atoms with Crippen molar-refractivity contribution in [2.45, 2.75) is 40.0 Å². The molecule has 5 rings (SSSR count). The molecule has 1 aliphatic heterocycles. The quantitative estimate of drug-likeness (QED) is 0.234. The Morgan fingerprint density at radius 2 is 1.71 bits per heavy atom. The van der Waals surface area contributed by atoms with E-state index in [-0.39, 0.29) is 11.4 Å². The average Bonchev–Trinajstić information content (AvgIpc) is 3.46. The van der Waals surface area contributed by atoms with E-state index in [1.54, 1.807) is 59.4 Å². The van der Waals surface area contributed by atoms with Crippen LogP contribution >= 0.6 is 0 Å². The highest BCUT2D eigenvalue weighted by Gasteiger charge is 2.22. The topological polar surface area (TPSA) is 145 Å². The molecule has 4 heterocycles. The number of nitrogens with one attached hydrogen (secondary N) is 3. The van der Waals surface area contributed by atoms with E-state index in [2.05, 4.69) is 46.7 Å². The predicted octanol–water partition coefficient (Wildman–Crippen LogP) is 5.89. The van der Waals surface area contributed by atoms with Crippen molar-refractivity contribution in [3.05, 3.63) is 71.7 Å². The fraction of sp³-hybridized carbons (Fsp3) is 0.344. The molecule has 4 amide bonds. The van der Waals surface area contributed by atoms with Gasteiger partial charge in [-0.2, -0.15) is 5.10 Å². The van der Waals surface area contributed by atoms with Gasteiger partial charge in [0, 0.05) is 48.6 Å². The third-order valence-electron chi connectivity index (χ3n) is 7.37. The first kappa shape index (κ1) is 31.3. The van der Waals surface area contributed by atoms with E-state index in [0.29, 0.717) is 66.7 Å². The van der Waals surface area contributed by atoms with Gasteiger partial charge in [-0.05, 0) is 49.2 Å². The minimum atomic E-state index is -0.427. The van der Waals surface area contributed by atoms with Crippen LogP contribution in [0.5, 0.6) is 17.4 Å². The molecule has 45 heavy (non-hydrogen) atoms. The van der Waals surface area contributed by atoms with Crippen molar-refractivity contribution in [3.63, 3.8) is 0 Å². The van der Waals surface area contributed by atoms with Gasteiger partial charge in [-0.1, -0.05) is 20.8 Å². The summed E-state index contributed by atoms with van der Waals surface area (Å²) in [6, 6.07) is 11.7. The number of pyridine rings is 2. The summed E-state index contributed by atoms with van der Waals surface area (Å²) in [6.07, 6.45) is 3.21. The Morgan fingerprint density at radius 1 is 0.933 bits per heavy atom. The lowest BCUT2D eigenvalue weighted by atomic mass is 9.92. The number of methoxy groups -OCH3 is 1. The van der Waals surface area contributed by atoms with Crippen LogP contribution in [0, 0.1) is 13.8 Å². The molecule has 1 aromatic carbocycles. The molecule has 0 radical (unpaired) electrons. The number of hydrogen-bond donors (Lipinski definition) is 3. The zero-order valence-electron chi connectivity index (χ0n) is 26.3. The Bertz CT molecular complexity index is 1670. The van der Waals surface area contributed by atoms with Crippen molar-refractivity contribution in [3.8, 4) is 23.1 Å². The van der Waals surface area contributed by atoms with Crippen LogP contribution in [0.4, 0.5) is 26.9 Å². The van der Waals surface area contributed by atoms with Crippen molar-refractivity contribution in [1.29, 1.82) is 0 Å². The largest absolute Gasteiger partial charge is 0.481 e. The van der Waals surface area contributed by atoms with Crippen LogP contribution in [0.15, 0.2) is 54.9 Å². The van der Waals surface area contributed by atoms with Crippen LogP contribution < -0.4 is 25.4 Å². The molecule has 4 aromatic rings. The third-order valence-corrected chi connectivity index (χ3v) is 7.37. The number of morpholine rings is 1. The zero-order valence-corrected chi connectivity index (χ0v) is 26.3. The fourth-order valence-corrected chi connectivity index (χ4v) is 4.59. The molecular weight excluding hydrogens is 576 g/mol. The zero-order chi connectivity index (χ0) is 32.1. The number of urea groups is 2. The van der Waals surface area contributed by atoms with E-state index in [1.165, 1.54) is 0 Å². The SMILES string of the molecule is COc1ccc(-n2nc(C(C)(C)C)cc2NC(=O)Nc2ccc(Oc3ccnc(NC(=O)N4CCOCC4)c3)c(C)c2C)cn1. The summed E-state index contributed by atoms with van der Waals surface area (Å²) in [5, 5.41) is 13.4. The van der Waals surface area contributed by atoms with Crippen LogP contribution in [-0.2, 0) is 10.2 Å². The average molecular weight is 615 g/mol. The van der Waals surface area contributed by atoms with Gasteiger partial charge in [-0.15, -0.1) is 0 Å². The van der Waals surface area contributed by atoms with Crippen molar-refractivity contribution < 1.29 is 23.8 Å². The molecule has 3 N–H and O–H groups in total. The Labute approximate surface area is 261 Å². The molecular formula is C32H38N8O5. The second-order valence-electron chi connectivity index (χ2n) is 11.6. The van der Waals surface area contributed by atoms with Gasteiger partial charge < -0.3 is 24.4 Å². The molecule has 0 spiro atoms. The second kappa shape index (κ2) is 13.2. The van der Waals surface area contributed by atoms with E-state index < -0.39 is 6.03 Å². The number of benzene rings is 1. The maximum atomic E-state index is 13.2. The molecule has 0 aliphatic carbocycles. The maximum absolute atomic E-state index is 13.2. The van der Waals surface area contributed by atoms with Gasteiger partial charge in [0.1, 0.15) is 23.1 Å². The highest BCUT2D eigenvalue weighted by Crippen LogP contribution is 2.32. The first-order valence-corrected chi connectivity index (χ1v) is 14.6. The van der Waals surface area contributed by atoms with Crippen molar-refractivity contribution in [2.75, 3.05) is 49.4 Å². The number of aromatic nitrogens is 4. The van der Waals surface area contributed by atoms with Gasteiger partial charge in [0.05, 0.1) is 37.9 Å². The summed E-state index contributed by atoms with van der Waals surface area (Å²) in [5.41, 5.74) is 3.54. The van der Waals surface area contributed by atoms with Gasteiger partial charge in [0.15, 0.2) is 0 Å². The lowest BCUT2D eigenvalue weighted by Gasteiger charge is -2.26. The molecule has 0 atom stereocenters. The van der Waals surface area contributed by atoms with E-state index in [4.69, 9.17) is 19.3 Å². The first-order chi connectivity index (χ1) is 21.5. The van der Waals surface area contributed by atoms with E-state index in [0.717, 1.165) is 16.8 Å². The minimum Gasteiger partial charge on any atom is -0.481 e. The highest BCUT2D eigenvalue weighted by molar-refractivity contribution is 6.00. The number of carbonyl (C=O) groups excluding carboxylic acids is 2. The summed E-state index contributed by atoms with van der Waals surface area (Å²) in [6.45, 7) is 12.1. The summed E-state index contributed by atoms with van der Waals surface area (Å²) < 4.78 is 18.3. The van der Waals surface area contributed by atoms with Gasteiger partial charge >= 0.3 is 12.1 Å². The lowest BCUT2D eigenvalue weighted by molar-refractivity contribution is 0.0564. The standard InChI is InChI=1S/C32H38N8O5/c1-20-21(2)25(45-23-11-12-33-27(17-23)36-31(42)39-13-15-44-16-14-39)9-8-24(20)35-30(41)37-28-18-26(32(3,4)5)38-40(28)22-7-10-29(43-6)34-19-22/h7-12,17-19H,13-16H2,1-6H3,(H,33,36,42)(H2,35,37,41). The van der Waals surface area contributed by atoms with Crippen molar-refractivity contribution >= 4 is 29.4 Å². The normalized spacial score (nSPS) is 13.2. The number of nitrogens with zero attached hydrogens (tertiary/aromatic N) is 5. The molecule has 236 valence electrons. The summed E-state index contributed by atoms with van der Waals surface area (Å²) in [5.74, 6) is 2.47. The maximum Gasteiger partial charge on any atom is 0.324 e. The summed E-state index contributed by atoms with van der Waals surface area (Å²) in [7, 11) is 1.55. The smallest absolute Gasteiger partial charge is 0.324 e. The monoisotopic (exact) mass is 614 g/mol. The number of anilines is 3. The van der Waals surface area contributed by atoms with Crippen LogP contribution in [-0.4, -0.2) is 70.1 Å². The molecule has 0 saturated carbocycles. The number of rotatable bonds is 7. The summed E-state index contributed by atoms with van der Waals surface area (Å²) in [4.78, 5) is 36.0. The van der Waals surface area contributed by atoms with E-state index in [1.807, 2.05) is 26.0 Å². The number of ether oxygens (including phenoxy) is 3. The van der Waals surface area contributed by atoms with Gasteiger partial charge in [-0.3, -0.25) is 10.6 Å². The molecule has 13 heteroatoms. The highest BCUT2D eigenvalue weighted by atomic mass is 16.5. The van der Waals surface area contributed by atoms with Crippen LogP contribution in [0.1, 0.15) is 37.6 Å². The third kappa shape index (κ3) is 7.50. The van der Waals surface area contributed by atoms with Gasteiger partial charge in [0.2, 0.25) is 5.88 Å². The molecule has 1 aliphatic rings. The van der Waals surface area contributed by atoms with Gasteiger partial charge in [0.25, 0.3) is 0 Å². The molecule has 1 saturated heterocycles. The molecule has 0 unspecified atom stereocenters. The molecule has 3 aromatic heterocycles. The van der Waals surface area contributed by atoms with Gasteiger partial charge in [-0.25, -0.2) is 24.2 Å². The van der Waals surface area contributed by atoms with Crippen LogP contribution in [0.2, 0.25) is 0 Å². The van der Waals surface area contributed by atoms with Crippen LogP contribution in [0.25, 0.3) is 5.69 Å². The molecule has 13 nitrogen and oxygen atoms in total. The van der Waals surface area contributed by atoms with Crippen molar-refractivity contribution in [2.24, 2.45) is 0 Å². The minimum absolute atomic E-state index is 0.234. The van der Waals surface area contributed by atoms with Crippen molar-refractivity contribution in [1.82, 2.24) is 24.6 Å². The number of hydrogen-bond acceptors (Lipinski definition) is 8.